The fraction of sp³-hybridized carbons (Fsp3) is 0.875. The molecule has 1 saturated carbocycles. The molecule has 0 aromatic rings. The molecular formula is C16H26O. The number of ether oxygens (including phenoxy) is 1. The minimum Gasteiger partial charge on any atom is -0.491 e. The van der Waals surface area contributed by atoms with Crippen molar-refractivity contribution >= 4 is 0 Å². The van der Waals surface area contributed by atoms with Crippen molar-refractivity contribution in [1.29, 1.82) is 0 Å². The Hall–Kier alpha value is -0.460. The van der Waals surface area contributed by atoms with Gasteiger partial charge in [-0.3, -0.25) is 0 Å². The molecule has 0 unspecified atom stereocenters. The molecule has 2 fully saturated rings. The van der Waals surface area contributed by atoms with E-state index in [2.05, 4.69) is 41.5 Å². The summed E-state index contributed by atoms with van der Waals surface area (Å²) >= 11 is 0. The maximum atomic E-state index is 6.43. The molecule has 0 amide bonds. The van der Waals surface area contributed by atoms with E-state index in [-0.39, 0.29) is 11.0 Å². The van der Waals surface area contributed by atoms with Gasteiger partial charge in [-0.1, -0.05) is 27.7 Å². The summed E-state index contributed by atoms with van der Waals surface area (Å²) < 4.78 is 6.43. The van der Waals surface area contributed by atoms with E-state index in [1.165, 1.54) is 25.0 Å². The van der Waals surface area contributed by atoms with E-state index < -0.39 is 0 Å². The normalized spacial score (nSPS) is 42.9. The second-order valence-electron chi connectivity index (χ2n) is 8.08. The fourth-order valence-corrected chi connectivity index (χ4v) is 4.80. The van der Waals surface area contributed by atoms with E-state index in [4.69, 9.17) is 4.74 Å². The Kier molecular flexibility index (Phi) is 2.00. The molecule has 0 aromatic heterocycles. The standard InChI is InChI=1S/C16H26O/c1-14(2,3)11-9-10-7-8-12-15(4,5)17-13(11)16(10,12)6/h10,12H,7-9H2,1-6H3/t10-,12+,16+/m1/s1. The molecule has 2 aliphatic carbocycles. The third-order valence-electron chi connectivity index (χ3n) is 5.70. The van der Waals surface area contributed by atoms with Gasteiger partial charge in [-0.05, 0) is 50.0 Å². The lowest BCUT2D eigenvalue weighted by atomic mass is 9.71. The van der Waals surface area contributed by atoms with Gasteiger partial charge in [0.1, 0.15) is 11.4 Å². The number of hydrogen-bond donors (Lipinski definition) is 0. The molecule has 1 nitrogen and oxygen atoms in total. The van der Waals surface area contributed by atoms with Crippen molar-refractivity contribution in [2.75, 3.05) is 0 Å². The van der Waals surface area contributed by atoms with Gasteiger partial charge in [-0.2, -0.15) is 0 Å². The maximum Gasteiger partial charge on any atom is 0.107 e. The molecule has 1 aliphatic heterocycles. The summed E-state index contributed by atoms with van der Waals surface area (Å²) in [4.78, 5) is 0. The second kappa shape index (κ2) is 2.92. The molecule has 17 heavy (non-hydrogen) atoms. The highest BCUT2D eigenvalue weighted by atomic mass is 16.5. The Balaban J connectivity index is 2.15. The van der Waals surface area contributed by atoms with Crippen LogP contribution in [-0.4, -0.2) is 5.60 Å². The molecule has 1 heteroatoms. The highest BCUT2D eigenvalue weighted by Gasteiger charge is 2.65. The van der Waals surface area contributed by atoms with E-state index in [1.54, 1.807) is 5.57 Å². The van der Waals surface area contributed by atoms with Crippen LogP contribution in [0.25, 0.3) is 0 Å². The first-order chi connectivity index (χ1) is 7.67. The molecule has 0 aromatic carbocycles. The van der Waals surface area contributed by atoms with Gasteiger partial charge in [0.05, 0.1) is 0 Å². The van der Waals surface area contributed by atoms with E-state index in [1.807, 2.05) is 0 Å². The van der Waals surface area contributed by atoms with Gasteiger partial charge in [-0.25, -0.2) is 0 Å². The van der Waals surface area contributed by atoms with Crippen LogP contribution in [0.5, 0.6) is 0 Å². The maximum absolute atomic E-state index is 6.43. The second-order valence-corrected chi connectivity index (χ2v) is 8.08. The Bertz CT molecular complexity index is 396. The van der Waals surface area contributed by atoms with Crippen LogP contribution in [0.1, 0.15) is 60.8 Å². The Morgan fingerprint density at radius 2 is 1.76 bits per heavy atom. The first-order valence-corrected chi connectivity index (χ1v) is 7.10. The average molecular weight is 234 g/mol. The molecule has 3 aliphatic rings. The number of allylic oxidation sites excluding steroid dienone is 2. The van der Waals surface area contributed by atoms with E-state index >= 15 is 0 Å². The lowest BCUT2D eigenvalue weighted by molar-refractivity contribution is 0.0371. The van der Waals surface area contributed by atoms with E-state index in [9.17, 15) is 0 Å². The van der Waals surface area contributed by atoms with Crippen LogP contribution in [0.15, 0.2) is 11.3 Å². The summed E-state index contributed by atoms with van der Waals surface area (Å²) in [6.07, 6.45) is 4.04. The molecule has 1 heterocycles. The minimum atomic E-state index is 0.0513. The quantitative estimate of drug-likeness (QED) is 0.598. The zero-order valence-electron chi connectivity index (χ0n) is 12.2. The zero-order chi connectivity index (χ0) is 12.6. The van der Waals surface area contributed by atoms with Crippen LogP contribution in [0.3, 0.4) is 0 Å². The first-order valence-electron chi connectivity index (χ1n) is 7.10. The van der Waals surface area contributed by atoms with Crippen LogP contribution in [0.2, 0.25) is 0 Å². The monoisotopic (exact) mass is 234 g/mol. The van der Waals surface area contributed by atoms with Crippen LogP contribution >= 0.6 is 0 Å². The van der Waals surface area contributed by atoms with Crippen molar-refractivity contribution in [3.8, 4) is 0 Å². The Morgan fingerprint density at radius 3 is 2.35 bits per heavy atom. The zero-order valence-corrected chi connectivity index (χ0v) is 12.2. The number of hydrogen-bond acceptors (Lipinski definition) is 1. The predicted molar refractivity (Wildman–Crippen MR) is 70.6 cm³/mol. The largest absolute Gasteiger partial charge is 0.491 e. The van der Waals surface area contributed by atoms with Crippen LogP contribution in [-0.2, 0) is 4.74 Å². The summed E-state index contributed by atoms with van der Waals surface area (Å²) in [6, 6.07) is 0. The van der Waals surface area contributed by atoms with Crippen molar-refractivity contribution in [1.82, 2.24) is 0 Å². The molecule has 0 bridgehead atoms. The molecule has 1 saturated heterocycles. The first kappa shape index (κ1) is 11.6. The van der Waals surface area contributed by atoms with Gasteiger partial charge in [0.15, 0.2) is 0 Å². The summed E-state index contributed by atoms with van der Waals surface area (Å²) in [5.74, 6) is 2.95. The highest BCUT2D eigenvalue weighted by Crippen LogP contribution is 2.69. The molecule has 96 valence electrons. The van der Waals surface area contributed by atoms with Crippen molar-refractivity contribution in [3.05, 3.63) is 11.3 Å². The molecule has 0 radical (unpaired) electrons. The smallest absolute Gasteiger partial charge is 0.107 e. The molecule has 3 atom stereocenters. The van der Waals surface area contributed by atoms with Gasteiger partial charge in [0.25, 0.3) is 0 Å². The Morgan fingerprint density at radius 1 is 1.12 bits per heavy atom. The van der Waals surface area contributed by atoms with E-state index in [0.717, 1.165) is 11.8 Å². The number of rotatable bonds is 0. The van der Waals surface area contributed by atoms with Gasteiger partial charge in [0, 0.05) is 11.3 Å². The van der Waals surface area contributed by atoms with Gasteiger partial charge in [-0.15, -0.1) is 0 Å². The lowest BCUT2D eigenvalue weighted by Gasteiger charge is -2.29. The molecule has 0 spiro atoms. The summed E-state index contributed by atoms with van der Waals surface area (Å²) in [6.45, 7) is 14.1. The SMILES string of the molecule is CC(C)(C)C1=C2OC(C)(C)[C@@H]3CC[C@H](C1)[C@]23C. The molecule has 3 rings (SSSR count). The van der Waals surface area contributed by atoms with Crippen molar-refractivity contribution in [3.63, 3.8) is 0 Å². The van der Waals surface area contributed by atoms with Crippen LogP contribution in [0.4, 0.5) is 0 Å². The van der Waals surface area contributed by atoms with Crippen molar-refractivity contribution < 1.29 is 4.74 Å². The third-order valence-corrected chi connectivity index (χ3v) is 5.70. The van der Waals surface area contributed by atoms with Crippen molar-refractivity contribution in [2.24, 2.45) is 22.7 Å². The molecular weight excluding hydrogens is 208 g/mol. The average Bonchev–Trinajstić information content (AvgIpc) is 2.66. The highest BCUT2D eigenvalue weighted by molar-refractivity contribution is 5.36. The third kappa shape index (κ3) is 1.26. The predicted octanol–water partition coefficient (Wildman–Crippen LogP) is 4.53. The fourth-order valence-electron chi connectivity index (χ4n) is 4.80. The van der Waals surface area contributed by atoms with Gasteiger partial charge >= 0.3 is 0 Å². The topological polar surface area (TPSA) is 9.23 Å². The molecule has 0 N–H and O–H groups in total. The van der Waals surface area contributed by atoms with Crippen LogP contribution in [0, 0.1) is 22.7 Å². The summed E-state index contributed by atoms with van der Waals surface area (Å²) in [7, 11) is 0. The Labute approximate surface area is 106 Å². The van der Waals surface area contributed by atoms with E-state index in [0.29, 0.717) is 5.41 Å². The summed E-state index contributed by atoms with van der Waals surface area (Å²) in [5.41, 5.74) is 2.27. The minimum absolute atomic E-state index is 0.0513. The van der Waals surface area contributed by atoms with Crippen molar-refractivity contribution in [2.45, 2.75) is 66.4 Å². The lowest BCUT2D eigenvalue weighted by Crippen LogP contribution is -2.32. The summed E-state index contributed by atoms with van der Waals surface area (Å²) in [5, 5.41) is 0. The van der Waals surface area contributed by atoms with Gasteiger partial charge < -0.3 is 4.74 Å². The van der Waals surface area contributed by atoms with Crippen LogP contribution < -0.4 is 0 Å². The van der Waals surface area contributed by atoms with Gasteiger partial charge in [0.2, 0.25) is 0 Å².